The Kier molecular flexibility index (Phi) is 15.8. The summed E-state index contributed by atoms with van der Waals surface area (Å²) in [4.78, 5) is 51.5. The summed E-state index contributed by atoms with van der Waals surface area (Å²) < 4.78 is 15.9. The van der Waals surface area contributed by atoms with Gasteiger partial charge in [-0.15, -0.1) is 5.10 Å². The van der Waals surface area contributed by atoms with Crippen molar-refractivity contribution >= 4 is 29.5 Å². The number of methoxy groups -OCH3 is 1. The smallest absolute Gasteiger partial charge is 0.404 e. The standard InChI is InChI=1S/C40H50N8O8/c1-26-6-9-32(37(49)41-16-17-55-20-21-56-19-18-54-2)24-34(26)31-5-3-4-28(22-31)23-35(44-38(50)30-10-7-27(8-11-30)25-42-40(52)53)39(51)43-33-14-12-29(13-15-33)36-45-47-48-46-36/h3-6,9,12-15,22,24,27,30,35,42H,7-8,10-11,16-21,23,25H2,1-2H3,(H,41,49)(H,43,51)(H,44,50)(H,52,53)(H,45,46,47,48)/t27-,30-,35-/m0/s1. The minimum atomic E-state index is -1.06. The lowest BCUT2D eigenvalue weighted by molar-refractivity contribution is -0.130. The summed E-state index contributed by atoms with van der Waals surface area (Å²) in [6.45, 7) is 4.91. The number of nitrogens with zero attached hydrogens (tertiary/aromatic N) is 3. The Balaban J connectivity index is 1.25. The monoisotopic (exact) mass is 770 g/mol. The second-order valence-corrected chi connectivity index (χ2v) is 13.7. The van der Waals surface area contributed by atoms with E-state index < -0.39 is 12.1 Å². The Hall–Kier alpha value is -5.71. The third-order valence-corrected chi connectivity index (χ3v) is 9.68. The minimum absolute atomic E-state index is 0.164. The molecule has 16 nitrogen and oxygen atoms in total. The Morgan fingerprint density at radius 1 is 0.875 bits per heavy atom. The van der Waals surface area contributed by atoms with E-state index in [4.69, 9.17) is 19.3 Å². The van der Waals surface area contributed by atoms with E-state index in [0.29, 0.717) is 88.9 Å². The molecular formula is C40H50N8O8. The first-order valence-electron chi connectivity index (χ1n) is 18.7. The fourth-order valence-electron chi connectivity index (χ4n) is 6.56. The van der Waals surface area contributed by atoms with Gasteiger partial charge in [-0.3, -0.25) is 14.4 Å². The average Bonchev–Trinajstić information content (AvgIpc) is 3.75. The molecule has 0 bridgehead atoms. The molecule has 0 unspecified atom stereocenters. The van der Waals surface area contributed by atoms with Crippen molar-refractivity contribution in [2.24, 2.45) is 11.8 Å². The zero-order valence-corrected chi connectivity index (χ0v) is 31.7. The number of carbonyl (C=O) groups excluding carboxylic acids is 3. The van der Waals surface area contributed by atoms with E-state index in [1.54, 1.807) is 37.4 Å². The zero-order valence-electron chi connectivity index (χ0n) is 31.7. The number of ether oxygens (including phenoxy) is 3. The molecule has 1 saturated carbocycles. The summed E-state index contributed by atoms with van der Waals surface area (Å²) in [6, 6.07) is 19.4. The maximum absolute atomic E-state index is 13.9. The highest BCUT2D eigenvalue weighted by Crippen LogP contribution is 2.30. The molecular weight excluding hydrogens is 720 g/mol. The van der Waals surface area contributed by atoms with Gasteiger partial charge in [0.2, 0.25) is 11.8 Å². The number of carboxylic acid groups (broad SMARTS) is 1. The Bertz CT molecular complexity index is 1880. The molecule has 1 aromatic heterocycles. The number of aromatic nitrogens is 4. The second kappa shape index (κ2) is 21.4. The van der Waals surface area contributed by atoms with Crippen molar-refractivity contribution in [1.82, 2.24) is 36.6 Å². The van der Waals surface area contributed by atoms with E-state index in [9.17, 15) is 19.2 Å². The van der Waals surface area contributed by atoms with E-state index >= 15 is 0 Å². The molecule has 1 heterocycles. The average molecular weight is 771 g/mol. The first-order chi connectivity index (χ1) is 27.2. The predicted octanol–water partition coefficient (Wildman–Crippen LogP) is 3.99. The van der Waals surface area contributed by atoms with Gasteiger partial charge in [0.05, 0.1) is 33.0 Å². The summed E-state index contributed by atoms with van der Waals surface area (Å²) in [7, 11) is 1.62. The molecule has 1 aliphatic rings. The number of hydrogen-bond donors (Lipinski definition) is 6. The molecule has 0 saturated heterocycles. The van der Waals surface area contributed by atoms with Gasteiger partial charge >= 0.3 is 6.09 Å². The molecule has 1 atom stereocenters. The highest BCUT2D eigenvalue weighted by molar-refractivity contribution is 5.98. The van der Waals surface area contributed by atoms with Crippen LogP contribution in [-0.2, 0) is 30.2 Å². The Labute approximate surface area is 325 Å². The van der Waals surface area contributed by atoms with Crippen molar-refractivity contribution < 1.29 is 38.5 Å². The summed E-state index contributed by atoms with van der Waals surface area (Å²) in [6.07, 6.45) is 1.76. The molecule has 56 heavy (non-hydrogen) atoms. The van der Waals surface area contributed by atoms with Crippen molar-refractivity contribution in [3.05, 3.63) is 83.4 Å². The number of nitrogens with one attached hydrogen (secondary N) is 5. The summed E-state index contributed by atoms with van der Waals surface area (Å²) in [5, 5.41) is 34.1. The van der Waals surface area contributed by atoms with Gasteiger partial charge in [-0.25, -0.2) is 9.89 Å². The van der Waals surface area contributed by atoms with Crippen LogP contribution in [0.3, 0.4) is 0 Å². The van der Waals surface area contributed by atoms with Gasteiger partial charge < -0.3 is 40.6 Å². The maximum atomic E-state index is 13.9. The predicted molar refractivity (Wildman–Crippen MR) is 208 cm³/mol. The van der Waals surface area contributed by atoms with E-state index in [0.717, 1.165) is 27.8 Å². The molecule has 0 spiro atoms. The van der Waals surface area contributed by atoms with Crippen LogP contribution in [0.5, 0.6) is 0 Å². The SMILES string of the molecule is COCCOCCOCCNC(=O)c1ccc(C)c(-c2cccc(C[C@H](NC(=O)[C@H]3CC[C@H](CNC(=O)O)CC3)C(=O)Nc3ccc(-c4nnn[nH]4)cc3)c2)c1. The van der Waals surface area contributed by atoms with Crippen LogP contribution < -0.4 is 21.3 Å². The molecule has 1 fully saturated rings. The van der Waals surface area contributed by atoms with Crippen molar-refractivity contribution in [2.45, 2.75) is 45.1 Å². The largest absolute Gasteiger partial charge is 0.465 e. The third-order valence-electron chi connectivity index (χ3n) is 9.68. The fraction of sp³-hybridized carbons (Fsp3) is 0.425. The molecule has 16 heteroatoms. The third kappa shape index (κ3) is 12.7. The lowest BCUT2D eigenvalue weighted by Crippen LogP contribution is -2.48. The van der Waals surface area contributed by atoms with Crippen molar-refractivity contribution in [3.8, 4) is 22.5 Å². The number of aromatic amines is 1. The van der Waals surface area contributed by atoms with Gasteiger partial charge in [0, 0.05) is 49.4 Å². The molecule has 5 rings (SSSR count). The molecule has 0 radical (unpaired) electrons. The number of amides is 4. The van der Waals surface area contributed by atoms with Crippen molar-refractivity contribution in [2.75, 3.05) is 58.6 Å². The maximum Gasteiger partial charge on any atom is 0.404 e. The molecule has 4 amide bonds. The number of benzene rings is 3. The fourth-order valence-corrected chi connectivity index (χ4v) is 6.56. The zero-order chi connectivity index (χ0) is 39.7. The normalized spacial score (nSPS) is 15.8. The highest BCUT2D eigenvalue weighted by Gasteiger charge is 2.30. The number of rotatable bonds is 20. The molecule has 298 valence electrons. The number of aryl methyl sites for hydroxylation is 1. The van der Waals surface area contributed by atoms with Gasteiger partial charge in [0.25, 0.3) is 5.91 Å². The molecule has 6 N–H and O–H groups in total. The number of hydrogen-bond acceptors (Lipinski definition) is 10. The first-order valence-corrected chi connectivity index (χ1v) is 18.7. The molecule has 0 aliphatic heterocycles. The van der Waals surface area contributed by atoms with Gasteiger partial charge in [0.1, 0.15) is 6.04 Å². The quantitative estimate of drug-likeness (QED) is 0.0706. The van der Waals surface area contributed by atoms with Gasteiger partial charge in [-0.1, -0.05) is 30.3 Å². The minimum Gasteiger partial charge on any atom is -0.465 e. The van der Waals surface area contributed by atoms with Gasteiger partial charge in [-0.2, -0.15) is 0 Å². The lowest BCUT2D eigenvalue weighted by atomic mass is 9.81. The van der Waals surface area contributed by atoms with E-state index in [1.165, 1.54) is 0 Å². The van der Waals surface area contributed by atoms with Crippen LogP contribution in [0.15, 0.2) is 66.7 Å². The number of carbonyl (C=O) groups is 4. The van der Waals surface area contributed by atoms with Crippen LogP contribution in [0.2, 0.25) is 0 Å². The van der Waals surface area contributed by atoms with Crippen LogP contribution >= 0.6 is 0 Å². The second-order valence-electron chi connectivity index (χ2n) is 13.7. The molecule has 4 aromatic rings. The van der Waals surface area contributed by atoms with Crippen molar-refractivity contribution in [3.63, 3.8) is 0 Å². The van der Waals surface area contributed by atoms with Crippen LogP contribution in [0.1, 0.15) is 47.2 Å². The van der Waals surface area contributed by atoms with Crippen LogP contribution in [0.4, 0.5) is 10.5 Å². The van der Waals surface area contributed by atoms with Crippen LogP contribution in [0.25, 0.3) is 22.5 Å². The summed E-state index contributed by atoms with van der Waals surface area (Å²) in [5.41, 5.74) is 5.30. The summed E-state index contributed by atoms with van der Waals surface area (Å²) in [5.74, 6) is -0.458. The topological polar surface area (TPSA) is 219 Å². The molecule has 3 aromatic carbocycles. The Morgan fingerprint density at radius 3 is 2.34 bits per heavy atom. The highest BCUT2D eigenvalue weighted by atomic mass is 16.5. The Morgan fingerprint density at radius 2 is 1.62 bits per heavy atom. The number of H-pyrrole nitrogens is 1. The van der Waals surface area contributed by atoms with E-state index in [1.807, 2.05) is 43.3 Å². The summed E-state index contributed by atoms with van der Waals surface area (Å²) >= 11 is 0. The van der Waals surface area contributed by atoms with Crippen LogP contribution in [-0.4, -0.2) is 109 Å². The van der Waals surface area contributed by atoms with E-state index in [-0.39, 0.29) is 36.0 Å². The van der Waals surface area contributed by atoms with E-state index in [2.05, 4.69) is 41.9 Å². The number of tetrazole rings is 1. The van der Waals surface area contributed by atoms with Crippen molar-refractivity contribution in [1.29, 1.82) is 0 Å². The van der Waals surface area contributed by atoms with Gasteiger partial charge in [-0.05, 0) is 108 Å². The van der Waals surface area contributed by atoms with Crippen LogP contribution in [0, 0.1) is 18.8 Å². The van der Waals surface area contributed by atoms with Gasteiger partial charge in [0.15, 0.2) is 5.82 Å². The number of anilines is 1. The first kappa shape index (κ1) is 41.5. The molecule has 1 aliphatic carbocycles. The lowest BCUT2D eigenvalue weighted by Gasteiger charge is -2.29.